The Bertz CT molecular complexity index is 191. The summed E-state index contributed by atoms with van der Waals surface area (Å²) < 4.78 is 0. The Labute approximate surface area is 95.4 Å². The van der Waals surface area contributed by atoms with Crippen molar-refractivity contribution in [2.75, 3.05) is 19.6 Å². The van der Waals surface area contributed by atoms with Crippen LogP contribution in [-0.2, 0) is 0 Å². The lowest BCUT2D eigenvalue weighted by Crippen LogP contribution is -2.63. The van der Waals surface area contributed by atoms with E-state index in [1.54, 1.807) is 0 Å². The van der Waals surface area contributed by atoms with Crippen LogP contribution in [0.3, 0.4) is 0 Å². The molecular formula is C13H28N2. The molecule has 2 atom stereocenters. The van der Waals surface area contributed by atoms with Gasteiger partial charge in [-0.1, -0.05) is 27.7 Å². The number of hydrogen-bond acceptors (Lipinski definition) is 2. The zero-order valence-corrected chi connectivity index (χ0v) is 11.1. The van der Waals surface area contributed by atoms with Gasteiger partial charge in [0.05, 0.1) is 0 Å². The van der Waals surface area contributed by atoms with Crippen molar-refractivity contribution in [3.63, 3.8) is 0 Å². The average molecular weight is 212 g/mol. The Morgan fingerprint density at radius 3 is 2.53 bits per heavy atom. The second kappa shape index (κ2) is 5.31. The lowest BCUT2D eigenvalue weighted by atomic mass is 9.90. The standard InChI is InChI=1S/C13H28N2/c1-6-12-9-15(8-11(3)4)13(5,7-2)10-14-12/h11-12,14H,6-10H2,1-5H3. The van der Waals surface area contributed by atoms with Crippen molar-refractivity contribution in [3.05, 3.63) is 0 Å². The Hall–Kier alpha value is -0.0800. The van der Waals surface area contributed by atoms with Crippen LogP contribution in [-0.4, -0.2) is 36.1 Å². The van der Waals surface area contributed by atoms with Gasteiger partial charge in [0.1, 0.15) is 0 Å². The second-order valence-electron chi connectivity index (χ2n) is 5.64. The predicted molar refractivity (Wildman–Crippen MR) is 67.2 cm³/mol. The second-order valence-corrected chi connectivity index (χ2v) is 5.64. The molecular weight excluding hydrogens is 184 g/mol. The molecule has 0 bridgehead atoms. The topological polar surface area (TPSA) is 15.3 Å². The van der Waals surface area contributed by atoms with Crippen LogP contribution in [0.2, 0.25) is 0 Å². The zero-order chi connectivity index (χ0) is 11.5. The molecule has 1 aliphatic heterocycles. The van der Waals surface area contributed by atoms with E-state index in [1.807, 2.05) is 0 Å². The number of nitrogens with one attached hydrogen (secondary N) is 1. The maximum atomic E-state index is 3.67. The third-order valence-electron chi connectivity index (χ3n) is 3.82. The third-order valence-corrected chi connectivity index (χ3v) is 3.82. The Balaban J connectivity index is 2.64. The van der Waals surface area contributed by atoms with Crippen LogP contribution < -0.4 is 5.32 Å². The summed E-state index contributed by atoms with van der Waals surface area (Å²) in [5.74, 6) is 0.770. The van der Waals surface area contributed by atoms with Crippen LogP contribution in [0.4, 0.5) is 0 Å². The molecule has 0 aromatic rings. The maximum Gasteiger partial charge on any atom is 0.0304 e. The highest BCUT2D eigenvalue weighted by Crippen LogP contribution is 2.24. The van der Waals surface area contributed by atoms with E-state index in [0.717, 1.165) is 12.5 Å². The average Bonchev–Trinajstić information content (AvgIpc) is 2.21. The van der Waals surface area contributed by atoms with Crippen molar-refractivity contribution in [2.45, 2.75) is 59.0 Å². The van der Waals surface area contributed by atoms with Crippen LogP contribution in [0, 0.1) is 5.92 Å². The van der Waals surface area contributed by atoms with E-state index < -0.39 is 0 Å². The van der Waals surface area contributed by atoms with Gasteiger partial charge >= 0.3 is 0 Å². The van der Waals surface area contributed by atoms with Gasteiger partial charge in [0.15, 0.2) is 0 Å². The van der Waals surface area contributed by atoms with E-state index in [1.165, 1.54) is 25.9 Å². The molecule has 0 radical (unpaired) electrons. The lowest BCUT2D eigenvalue weighted by Gasteiger charge is -2.48. The first kappa shape index (κ1) is 13.0. The summed E-state index contributed by atoms with van der Waals surface area (Å²) >= 11 is 0. The lowest BCUT2D eigenvalue weighted by molar-refractivity contribution is 0.0381. The van der Waals surface area contributed by atoms with E-state index in [-0.39, 0.29) is 0 Å². The van der Waals surface area contributed by atoms with Gasteiger partial charge in [-0.3, -0.25) is 4.90 Å². The monoisotopic (exact) mass is 212 g/mol. The molecule has 1 heterocycles. The molecule has 0 aromatic heterocycles. The minimum absolute atomic E-state index is 0.371. The molecule has 15 heavy (non-hydrogen) atoms. The highest BCUT2D eigenvalue weighted by Gasteiger charge is 2.35. The summed E-state index contributed by atoms with van der Waals surface area (Å²) in [6, 6.07) is 0.698. The molecule has 2 nitrogen and oxygen atoms in total. The van der Waals surface area contributed by atoms with Gasteiger partial charge in [0.2, 0.25) is 0 Å². The first-order chi connectivity index (χ1) is 7.01. The number of rotatable bonds is 4. The van der Waals surface area contributed by atoms with E-state index in [4.69, 9.17) is 0 Å². The van der Waals surface area contributed by atoms with Crippen molar-refractivity contribution in [2.24, 2.45) is 5.92 Å². The fourth-order valence-corrected chi connectivity index (χ4v) is 2.38. The fourth-order valence-electron chi connectivity index (χ4n) is 2.38. The van der Waals surface area contributed by atoms with Gasteiger partial charge in [-0.25, -0.2) is 0 Å². The van der Waals surface area contributed by atoms with Gasteiger partial charge in [0, 0.05) is 31.2 Å². The largest absolute Gasteiger partial charge is 0.311 e. The smallest absolute Gasteiger partial charge is 0.0304 e. The Morgan fingerprint density at radius 1 is 1.40 bits per heavy atom. The molecule has 1 rings (SSSR count). The normalized spacial score (nSPS) is 33.6. The van der Waals surface area contributed by atoms with E-state index >= 15 is 0 Å². The molecule has 90 valence electrons. The molecule has 0 spiro atoms. The Morgan fingerprint density at radius 2 is 2.07 bits per heavy atom. The third kappa shape index (κ3) is 3.18. The molecule has 1 fully saturated rings. The van der Waals surface area contributed by atoms with Crippen molar-refractivity contribution >= 4 is 0 Å². The van der Waals surface area contributed by atoms with Crippen molar-refractivity contribution in [3.8, 4) is 0 Å². The minimum atomic E-state index is 0.371. The van der Waals surface area contributed by atoms with Crippen molar-refractivity contribution < 1.29 is 0 Å². The number of hydrogen-bond donors (Lipinski definition) is 1. The number of piperazine rings is 1. The zero-order valence-electron chi connectivity index (χ0n) is 11.1. The summed E-state index contributed by atoms with van der Waals surface area (Å²) in [7, 11) is 0. The molecule has 0 amide bonds. The molecule has 1 N–H and O–H groups in total. The summed E-state index contributed by atoms with van der Waals surface area (Å²) in [4.78, 5) is 2.70. The van der Waals surface area contributed by atoms with E-state index in [9.17, 15) is 0 Å². The van der Waals surface area contributed by atoms with E-state index in [2.05, 4.69) is 44.8 Å². The van der Waals surface area contributed by atoms with Gasteiger partial charge in [-0.05, 0) is 25.7 Å². The van der Waals surface area contributed by atoms with Crippen LogP contribution in [0.15, 0.2) is 0 Å². The fraction of sp³-hybridized carbons (Fsp3) is 1.00. The minimum Gasteiger partial charge on any atom is -0.311 e. The predicted octanol–water partition coefficient (Wildman–Crippen LogP) is 2.49. The quantitative estimate of drug-likeness (QED) is 0.770. The van der Waals surface area contributed by atoms with Gasteiger partial charge in [-0.15, -0.1) is 0 Å². The summed E-state index contributed by atoms with van der Waals surface area (Å²) in [5.41, 5.74) is 0.371. The van der Waals surface area contributed by atoms with E-state index in [0.29, 0.717) is 11.6 Å². The summed E-state index contributed by atoms with van der Waals surface area (Å²) in [6.45, 7) is 15.2. The first-order valence-electron chi connectivity index (χ1n) is 6.50. The summed E-state index contributed by atoms with van der Waals surface area (Å²) in [5, 5.41) is 3.67. The van der Waals surface area contributed by atoms with Gasteiger partial charge in [0.25, 0.3) is 0 Å². The molecule has 2 unspecified atom stereocenters. The highest BCUT2D eigenvalue weighted by atomic mass is 15.3. The first-order valence-corrected chi connectivity index (χ1v) is 6.50. The van der Waals surface area contributed by atoms with Crippen LogP contribution in [0.1, 0.15) is 47.5 Å². The van der Waals surface area contributed by atoms with Crippen LogP contribution >= 0.6 is 0 Å². The molecule has 0 saturated carbocycles. The van der Waals surface area contributed by atoms with Crippen LogP contribution in [0.5, 0.6) is 0 Å². The van der Waals surface area contributed by atoms with Crippen molar-refractivity contribution in [1.82, 2.24) is 10.2 Å². The molecule has 0 aromatic carbocycles. The molecule has 2 heteroatoms. The Kier molecular flexibility index (Phi) is 4.60. The highest BCUT2D eigenvalue weighted by molar-refractivity contribution is 4.94. The van der Waals surface area contributed by atoms with Crippen LogP contribution in [0.25, 0.3) is 0 Å². The van der Waals surface area contributed by atoms with Crippen molar-refractivity contribution in [1.29, 1.82) is 0 Å². The number of nitrogens with zero attached hydrogens (tertiary/aromatic N) is 1. The molecule has 0 aliphatic carbocycles. The van der Waals surface area contributed by atoms with Gasteiger partial charge < -0.3 is 5.32 Å². The van der Waals surface area contributed by atoms with Gasteiger partial charge in [-0.2, -0.15) is 0 Å². The maximum absolute atomic E-state index is 3.67. The summed E-state index contributed by atoms with van der Waals surface area (Å²) in [6.07, 6.45) is 2.48. The SMILES string of the molecule is CCC1CN(CC(C)C)C(C)(CC)CN1. The molecule has 1 aliphatic rings. The molecule has 1 saturated heterocycles.